The van der Waals surface area contributed by atoms with Gasteiger partial charge in [0.05, 0.1) is 12.4 Å². The standard InChI is InChI=1S/C11H19N7/c1-3-14-11-17-16-10(18(11)4-2)9(12)5-8-6-13-7-15-8/h6-7,9H,3-5,12H2,1-2H3,(H,13,15)(H,14,17)/t9-/m1/s1. The molecule has 0 saturated carbocycles. The molecule has 2 rings (SSSR count). The zero-order valence-electron chi connectivity index (χ0n) is 10.7. The fourth-order valence-corrected chi connectivity index (χ4v) is 1.91. The van der Waals surface area contributed by atoms with Gasteiger partial charge in [0.15, 0.2) is 5.82 Å². The fraction of sp³-hybridized carbons (Fsp3) is 0.545. The molecule has 0 aliphatic heterocycles. The minimum Gasteiger partial charge on any atom is -0.355 e. The highest BCUT2D eigenvalue weighted by Crippen LogP contribution is 2.16. The van der Waals surface area contributed by atoms with E-state index >= 15 is 0 Å². The highest BCUT2D eigenvalue weighted by molar-refractivity contribution is 5.26. The summed E-state index contributed by atoms with van der Waals surface area (Å²) in [5, 5.41) is 11.5. The van der Waals surface area contributed by atoms with Crippen molar-refractivity contribution in [3.8, 4) is 0 Å². The maximum absolute atomic E-state index is 6.17. The molecule has 0 fully saturated rings. The van der Waals surface area contributed by atoms with Crippen LogP contribution in [0.15, 0.2) is 12.5 Å². The lowest BCUT2D eigenvalue weighted by Crippen LogP contribution is -2.20. The SMILES string of the molecule is CCNc1nnc([C@H](N)Cc2cnc[nH]2)n1CC. The molecule has 0 aromatic carbocycles. The summed E-state index contributed by atoms with van der Waals surface area (Å²) >= 11 is 0. The van der Waals surface area contributed by atoms with Crippen LogP contribution in [0.1, 0.15) is 31.4 Å². The lowest BCUT2D eigenvalue weighted by molar-refractivity contribution is 0.596. The van der Waals surface area contributed by atoms with Crippen LogP contribution in [0.5, 0.6) is 0 Å². The number of anilines is 1. The molecule has 0 unspecified atom stereocenters. The van der Waals surface area contributed by atoms with Crippen molar-refractivity contribution in [3.63, 3.8) is 0 Å². The first-order valence-electron chi connectivity index (χ1n) is 6.16. The van der Waals surface area contributed by atoms with Crippen LogP contribution in [0.4, 0.5) is 5.95 Å². The molecule has 0 aliphatic rings. The average Bonchev–Trinajstić information content (AvgIpc) is 2.98. The average molecular weight is 249 g/mol. The molecular formula is C11H19N7. The topological polar surface area (TPSA) is 97.4 Å². The monoisotopic (exact) mass is 249 g/mol. The molecule has 7 nitrogen and oxygen atoms in total. The van der Waals surface area contributed by atoms with Crippen LogP contribution in [-0.4, -0.2) is 31.3 Å². The van der Waals surface area contributed by atoms with E-state index in [-0.39, 0.29) is 6.04 Å². The largest absolute Gasteiger partial charge is 0.355 e. The number of rotatable bonds is 6. The van der Waals surface area contributed by atoms with Crippen LogP contribution in [0.25, 0.3) is 0 Å². The van der Waals surface area contributed by atoms with Crippen molar-refractivity contribution in [2.24, 2.45) is 5.73 Å². The first kappa shape index (κ1) is 12.6. The van der Waals surface area contributed by atoms with Gasteiger partial charge in [-0.1, -0.05) is 0 Å². The Hall–Kier alpha value is -1.89. The first-order valence-corrected chi connectivity index (χ1v) is 6.16. The molecule has 0 saturated heterocycles. The normalized spacial score (nSPS) is 12.6. The smallest absolute Gasteiger partial charge is 0.224 e. The molecule has 0 radical (unpaired) electrons. The number of hydrogen-bond acceptors (Lipinski definition) is 5. The summed E-state index contributed by atoms with van der Waals surface area (Å²) in [4.78, 5) is 7.02. The van der Waals surface area contributed by atoms with Crippen LogP contribution in [0.2, 0.25) is 0 Å². The van der Waals surface area contributed by atoms with Crippen LogP contribution in [-0.2, 0) is 13.0 Å². The Labute approximate surface area is 106 Å². The number of nitrogens with zero attached hydrogens (tertiary/aromatic N) is 4. The zero-order valence-corrected chi connectivity index (χ0v) is 10.7. The molecule has 98 valence electrons. The number of nitrogens with two attached hydrogens (primary N) is 1. The van der Waals surface area contributed by atoms with Crippen molar-refractivity contribution < 1.29 is 0 Å². The third-order valence-electron chi connectivity index (χ3n) is 2.76. The van der Waals surface area contributed by atoms with E-state index in [9.17, 15) is 0 Å². The molecule has 0 amide bonds. The molecule has 0 spiro atoms. The second kappa shape index (κ2) is 5.63. The van der Waals surface area contributed by atoms with Gasteiger partial charge in [-0.2, -0.15) is 0 Å². The Balaban J connectivity index is 2.16. The van der Waals surface area contributed by atoms with Crippen LogP contribution in [0.3, 0.4) is 0 Å². The van der Waals surface area contributed by atoms with Crippen molar-refractivity contribution in [1.82, 2.24) is 24.7 Å². The third kappa shape index (κ3) is 2.51. The summed E-state index contributed by atoms with van der Waals surface area (Å²) in [5.74, 6) is 1.57. The van der Waals surface area contributed by atoms with E-state index in [4.69, 9.17) is 5.73 Å². The lowest BCUT2D eigenvalue weighted by atomic mass is 10.1. The molecule has 2 heterocycles. The van der Waals surface area contributed by atoms with E-state index in [1.807, 2.05) is 11.5 Å². The summed E-state index contributed by atoms with van der Waals surface area (Å²) in [6.07, 6.45) is 4.10. The van der Waals surface area contributed by atoms with E-state index in [2.05, 4.69) is 32.4 Å². The van der Waals surface area contributed by atoms with Gasteiger partial charge in [0.1, 0.15) is 0 Å². The van der Waals surface area contributed by atoms with Gasteiger partial charge in [0, 0.05) is 31.4 Å². The number of hydrogen-bond donors (Lipinski definition) is 3. The van der Waals surface area contributed by atoms with Crippen molar-refractivity contribution in [1.29, 1.82) is 0 Å². The van der Waals surface area contributed by atoms with Gasteiger partial charge in [-0.05, 0) is 13.8 Å². The third-order valence-corrected chi connectivity index (χ3v) is 2.76. The van der Waals surface area contributed by atoms with E-state index in [0.717, 1.165) is 30.6 Å². The maximum atomic E-state index is 6.17. The molecule has 0 bridgehead atoms. The Morgan fingerprint density at radius 3 is 2.89 bits per heavy atom. The second-order valence-electron chi connectivity index (χ2n) is 4.04. The van der Waals surface area contributed by atoms with E-state index in [0.29, 0.717) is 6.42 Å². The minimum atomic E-state index is -0.190. The van der Waals surface area contributed by atoms with Crippen LogP contribution >= 0.6 is 0 Å². The Kier molecular flexibility index (Phi) is 3.93. The van der Waals surface area contributed by atoms with Gasteiger partial charge in [0.25, 0.3) is 0 Å². The Morgan fingerprint density at radius 1 is 1.44 bits per heavy atom. The predicted octanol–water partition coefficient (Wildman–Crippen LogP) is 0.695. The number of aromatic nitrogens is 5. The van der Waals surface area contributed by atoms with Gasteiger partial charge in [-0.15, -0.1) is 10.2 Å². The number of aromatic amines is 1. The van der Waals surface area contributed by atoms with E-state index in [1.54, 1.807) is 12.5 Å². The molecule has 2 aromatic rings. The Bertz CT molecular complexity index is 474. The summed E-state index contributed by atoms with van der Waals surface area (Å²) in [5.41, 5.74) is 7.17. The minimum absolute atomic E-state index is 0.190. The molecule has 7 heteroatoms. The summed E-state index contributed by atoms with van der Waals surface area (Å²) in [7, 11) is 0. The van der Waals surface area contributed by atoms with Gasteiger partial charge < -0.3 is 16.0 Å². The summed E-state index contributed by atoms with van der Waals surface area (Å²) < 4.78 is 2.00. The van der Waals surface area contributed by atoms with Crippen molar-refractivity contribution in [2.75, 3.05) is 11.9 Å². The molecule has 1 atom stereocenters. The number of nitrogens with one attached hydrogen (secondary N) is 2. The van der Waals surface area contributed by atoms with Crippen molar-refractivity contribution >= 4 is 5.95 Å². The Morgan fingerprint density at radius 2 is 2.28 bits per heavy atom. The van der Waals surface area contributed by atoms with Gasteiger partial charge >= 0.3 is 0 Å². The van der Waals surface area contributed by atoms with E-state index in [1.165, 1.54) is 0 Å². The van der Waals surface area contributed by atoms with Crippen molar-refractivity contribution in [3.05, 3.63) is 24.0 Å². The molecule has 2 aromatic heterocycles. The quantitative estimate of drug-likeness (QED) is 0.700. The summed E-state index contributed by atoms with van der Waals surface area (Å²) in [6.45, 7) is 5.69. The summed E-state index contributed by atoms with van der Waals surface area (Å²) in [6, 6.07) is -0.190. The van der Waals surface area contributed by atoms with Crippen molar-refractivity contribution in [2.45, 2.75) is 32.9 Å². The van der Waals surface area contributed by atoms with E-state index < -0.39 is 0 Å². The highest BCUT2D eigenvalue weighted by atomic mass is 15.4. The predicted molar refractivity (Wildman–Crippen MR) is 69.1 cm³/mol. The lowest BCUT2D eigenvalue weighted by Gasteiger charge is -2.12. The number of H-pyrrole nitrogens is 1. The van der Waals surface area contributed by atoms with Crippen LogP contribution < -0.4 is 11.1 Å². The highest BCUT2D eigenvalue weighted by Gasteiger charge is 2.17. The molecule has 0 aliphatic carbocycles. The van der Waals surface area contributed by atoms with Gasteiger partial charge in [0.2, 0.25) is 5.95 Å². The molecular weight excluding hydrogens is 230 g/mol. The fourth-order valence-electron chi connectivity index (χ4n) is 1.91. The van der Waals surface area contributed by atoms with Gasteiger partial charge in [-0.25, -0.2) is 4.98 Å². The molecule has 18 heavy (non-hydrogen) atoms. The van der Waals surface area contributed by atoms with Gasteiger partial charge in [-0.3, -0.25) is 4.57 Å². The first-order chi connectivity index (χ1) is 8.76. The molecule has 4 N–H and O–H groups in total. The van der Waals surface area contributed by atoms with Crippen LogP contribution in [0, 0.1) is 0 Å². The number of imidazole rings is 1. The zero-order chi connectivity index (χ0) is 13.0. The maximum Gasteiger partial charge on any atom is 0.224 e. The second-order valence-corrected chi connectivity index (χ2v) is 4.04.